The molecule has 0 bridgehead atoms. The monoisotopic (exact) mass is 260 g/mol. The Kier molecular flexibility index (Phi) is 4.97. The van der Waals surface area contributed by atoms with Gasteiger partial charge in [-0.2, -0.15) is 0 Å². The highest BCUT2D eigenvalue weighted by atomic mass is 16.1. The quantitative estimate of drug-likeness (QED) is 0.874. The molecule has 104 valence electrons. The first-order chi connectivity index (χ1) is 9.20. The van der Waals surface area contributed by atoms with Crippen LogP contribution >= 0.6 is 0 Å². The van der Waals surface area contributed by atoms with Gasteiger partial charge in [0.1, 0.15) is 0 Å². The predicted octanol–water partition coefficient (Wildman–Crippen LogP) is 2.84. The minimum atomic E-state index is 0.0293. The predicted molar refractivity (Wildman–Crippen MR) is 77.8 cm³/mol. The number of benzene rings is 1. The van der Waals surface area contributed by atoms with Crippen molar-refractivity contribution >= 4 is 5.91 Å². The van der Waals surface area contributed by atoms with Gasteiger partial charge >= 0.3 is 0 Å². The summed E-state index contributed by atoms with van der Waals surface area (Å²) in [6.45, 7) is 2.64. The first-order valence-electron chi connectivity index (χ1n) is 7.30. The third-order valence-electron chi connectivity index (χ3n) is 4.17. The topological polar surface area (TPSA) is 55.1 Å². The highest BCUT2D eigenvalue weighted by Crippen LogP contribution is 2.26. The lowest BCUT2D eigenvalue weighted by Crippen LogP contribution is -2.38. The molecular weight excluding hydrogens is 236 g/mol. The van der Waals surface area contributed by atoms with E-state index in [2.05, 4.69) is 12.2 Å². The summed E-state index contributed by atoms with van der Waals surface area (Å²) in [4.78, 5) is 12.2. The van der Waals surface area contributed by atoms with E-state index >= 15 is 0 Å². The summed E-state index contributed by atoms with van der Waals surface area (Å²) in [5, 5.41) is 3.13. The number of hydrogen-bond acceptors (Lipinski definition) is 2. The summed E-state index contributed by atoms with van der Waals surface area (Å²) in [7, 11) is 0. The van der Waals surface area contributed by atoms with Crippen molar-refractivity contribution in [2.75, 3.05) is 0 Å². The van der Waals surface area contributed by atoms with E-state index in [9.17, 15) is 4.79 Å². The fourth-order valence-corrected chi connectivity index (χ4v) is 2.83. The first kappa shape index (κ1) is 14.1. The van der Waals surface area contributed by atoms with E-state index in [4.69, 9.17) is 5.73 Å². The lowest BCUT2D eigenvalue weighted by molar-refractivity contribution is 0.0919. The van der Waals surface area contributed by atoms with Crippen LogP contribution in [0.15, 0.2) is 24.3 Å². The number of carbonyl (C=O) groups is 1. The lowest BCUT2D eigenvalue weighted by atomic mass is 9.84. The maximum atomic E-state index is 12.2. The van der Waals surface area contributed by atoms with Gasteiger partial charge in [-0.25, -0.2) is 0 Å². The molecule has 0 spiro atoms. The Morgan fingerprint density at radius 2 is 1.89 bits per heavy atom. The molecule has 1 aliphatic rings. The van der Waals surface area contributed by atoms with E-state index in [1.54, 1.807) is 0 Å². The van der Waals surface area contributed by atoms with Crippen molar-refractivity contribution in [3.05, 3.63) is 35.4 Å². The summed E-state index contributed by atoms with van der Waals surface area (Å²) < 4.78 is 0. The fraction of sp³-hybridized carbons (Fsp3) is 0.562. The van der Waals surface area contributed by atoms with Gasteiger partial charge in [0, 0.05) is 18.2 Å². The number of rotatable bonds is 4. The van der Waals surface area contributed by atoms with Gasteiger partial charge in [-0.1, -0.05) is 31.4 Å². The van der Waals surface area contributed by atoms with E-state index in [-0.39, 0.29) is 11.9 Å². The molecule has 0 saturated heterocycles. The molecule has 1 unspecified atom stereocenters. The Labute approximate surface area is 115 Å². The van der Waals surface area contributed by atoms with E-state index in [0.29, 0.717) is 12.5 Å². The van der Waals surface area contributed by atoms with Crippen LogP contribution in [0.25, 0.3) is 0 Å². The van der Waals surface area contributed by atoms with Crippen LogP contribution < -0.4 is 11.1 Å². The van der Waals surface area contributed by atoms with Crippen LogP contribution in [-0.4, -0.2) is 11.9 Å². The molecule has 0 aliphatic heterocycles. The zero-order chi connectivity index (χ0) is 13.7. The normalized spacial score (nSPS) is 18.0. The van der Waals surface area contributed by atoms with Crippen molar-refractivity contribution in [3.63, 3.8) is 0 Å². The van der Waals surface area contributed by atoms with Crippen LogP contribution in [0.2, 0.25) is 0 Å². The van der Waals surface area contributed by atoms with Crippen molar-refractivity contribution < 1.29 is 4.79 Å². The molecule has 1 aromatic rings. The average Bonchev–Trinajstić information content (AvgIpc) is 2.48. The fourth-order valence-electron chi connectivity index (χ4n) is 2.83. The second-order valence-corrected chi connectivity index (χ2v) is 5.56. The zero-order valence-electron chi connectivity index (χ0n) is 11.7. The van der Waals surface area contributed by atoms with Gasteiger partial charge in [0.25, 0.3) is 5.91 Å². The molecule has 0 radical (unpaired) electrons. The Hall–Kier alpha value is -1.35. The number of amides is 1. The molecule has 1 aromatic carbocycles. The molecule has 0 heterocycles. The minimum absolute atomic E-state index is 0.0293. The second kappa shape index (κ2) is 6.71. The third-order valence-corrected chi connectivity index (χ3v) is 4.17. The maximum Gasteiger partial charge on any atom is 0.251 e. The molecule has 3 N–H and O–H groups in total. The van der Waals surface area contributed by atoms with E-state index in [1.165, 1.54) is 32.1 Å². The Morgan fingerprint density at radius 1 is 1.26 bits per heavy atom. The van der Waals surface area contributed by atoms with Crippen molar-refractivity contribution in [2.45, 2.75) is 51.6 Å². The van der Waals surface area contributed by atoms with Crippen molar-refractivity contribution in [2.24, 2.45) is 11.7 Å². The summed E-state index contributed by atoms with van der Waals surface area (Å²) in [5.74, 6) is 0.669. The van der Waals surface area contributed by atoms with Gasteiger partial charge in [0.15, 0.2) is 0 Å². The molecule has 1 amide bonds. The second-order valence-electron chi connectivity index (χ2n) is 5.56. The third kappa shape index (κ3) is 3.80. The summed E-state index contributed by atoms with van der Waals surface area (Å²) >= 11 is 0. The summed E-state index contributed by atoms with van der Waals surface area (Å²) in [6, 6.07) is 7.80. The van der Waals surface area contributed by atoms with Crippen molar-refractivity contribution in [1.29, 1.82) is 0 Å². The van der Waals surface area contributed by atoms with Crippen LogP contribution in [0, 0.1) is 5.92 Å². The first-order valence-corrected chi connectivity index (χ1v) is 7.30. The molecule has 1 fully saturated rings. The van der Waals surface area contributed by atoms with E-state index in [1.807, 2.05) is 24.3 Å². The molecule has 1 saturated carbocycles. The highest BCUT2D eigenvalue weighted by molar-refractivity contribution is 5.94. The van der Waals surface area contributed by atoms with Gasteiger partial charge in [0.2, 0.25) is 0 Å². The summed E-state index contributed by atoms with van der Waals surface area (Å²) in [6.07, 6.45) is 6.44. The van der Waals surface area contributed by atoms with Crippen molar-refractivity contribution in [1.82, 2.24) is 5.32 Å². The van der Waals surface area contributed by atoms with Gasteiger partial charge in [-0.15, -0.1) is 0 Å². The number of nitrogens with one attached hydrogen (secondary N) is 1. The minimum Gasteiger partial charge on any atom is -0.349 e. The Bertz CT molecular complexity index is 407. The van der Waals surface area contributed by atoms with Gasteiger partial charge in [-0.05, 0) is 43.4 Å². The molecule has 1 atom stereocenters. The van der Waals surface area contributed by atoms with E-state index < -0.39 is 0 Å². The molecule has 3 nitrogen and oxygen atoms in total. The van der Waals surface area contributed by atoms with Crippen LogP contribution in [0.4, 0.5) is 0 Å². The number of carbonyl (C=O) groups excluding carboxylic acids is 1. The van der Waals surface area contributed by atoms with Crippen LogP contribution in [0.1, 0.15) is 54.9 Å². The average molecular weight is 260 g/mol. The highest BCUT2D eigenvalue weighted by Gasteiger charge is 2.21. The molecule has 19 heavy (non-hydrogen) atoms. The molecular formula is C16H24N2O. The van der Waals surface area contributed by atoms with E-state index in [0.717, 1.165) is 11.1 Å². The molecule has 3 heteroatoms. The lowest BCUT2D eigenvalue weighted by Gasteiger charge is -2.28. The Morgan fingerprint density at radius 3 is 2.47 bits per heavy atom. The van der Waals surface area contributed by atoms with Crippen molar-refractivity contribution in [3.8, 4) is 0 Å². The van der Waals surface area contributed by atoms with Crippen LogP contribution in [0.5, 0.6) is 0 Å². The summed E-state index contributed by atoms with van der Waals surface area (Å²) in [5.41, 5.74) is 7.33. The Balaban J connectivity index is 1.91. The largest absolute Gasteiger partial charge is 0.349 e. The smallest absolute Gasteiger partial charge is 0.251 e. The van der Waals surface area contributed by atoms with Crippen LogP contribution in [0.3, 0.4) is 0 Å². The standard InChI is InChI=1S/C16H24N2O/c1-12(14-5-3-2-4-6-14)18-16(19)15-9-7-13(11-17)8-10-15/h7-10,12,14H,2-6,11,17H2,1H3,(H,18,19). The molecule has 2 rings (SSSR count). The number of hydrogen-bond donors (Lipinski definition) is 2. The maximum absolute atomic E-state index is 12.2. The van der Waals surface area contributed by atoms with Gasteiger partial charge in [-0.3, -0.25) is 4.79 Å². The SMILES string of the molecule is CC(NC(=O)c1ccc(CN)cc1)C1CCCCC1. The molecule has 0 aromatic heterocycles. The number of nitrogens with two attached hydrogens (primary N) is 1. The van der Waals surface area contributed by atoms with Gasteiger partial charge < -0.3 is 11.1 Å². The zero-order valence-corrected chi connectivity index (χ0v) is 11.7. The van der Waals surface area contributed by atoms with Gasteiger partial charge in [0.05, 0.1) is 0 Å². The van der Waals surface area contributed by atoms with Crippen LogP contribution in [-0.2, 0) is 6.54 Å². The molecule has 1 aliphatic carbocycles.